The molecule has 0 saturated carbocycles. The van der Waals surface area contributed by atoms with E-state index in [1.165, 1.54) is 25.3 Å². The van der Waals surface area contributed by atoms with Crippen LogP contribution in [0.2, 0.25) is 0 Å². The molecule has 0 N–H and O–H groups in total. The average molecular weight is 436 g/mol. The van der Waals surface area contributed by atoms with Gasteiger partial charge in [0.1, 0.15) is 12.2 Å². The first-order chi connectivity index (χ1) is 14.0. The van der Waals surface area contributed by atoms with Gasteiger partial charge in [-0.25, -0.2) is 9.78 Å². The van der Waals surface area contributed by atoms with Gasteiger partial charge in [0.05, 0.1) is 20.5 Å². The number of hydrogen-bond acceptors (Lipinski definition) is 6. The number of rotatable bonds is 6. The second kappa shape index (κ2) is 9.01. The zero-order chi connectivity index (χ0) is 22.5. The summed E-state index contributed by atoms with van der Waals surface area (Å²) in [6.07, 6.45) is -9.27. The van der Waals surface area contributed by atoms with Crippen LogP contribution in [-0.4, -0.2) is 30.2 Å². The van der Waals surface area contributed by atoms with Crippen molar-refractivity contribution in [2.24, 2.45) is 0 Å². The molecule has 0 aliphatic heterocycles. The predicted molar refractivity (Wildman–Crippen MR) is 89.8 cm³/mol. The molecule has 30 heavy (non-hydrogen) atoms. The Morgan fingerprint density at radius 2 is 1.70 bits per heavy atom. The minimum atomic E-state index is -5.21. The molecular weight excluding hydrogens is 422 g/mol. The fourth-order valence-corrected chi connectivity index (χ4v) is 2.28. The highest BCUT2D eigenvalue weighted by Crippen LogP contribution is 2.34. The van der Waals surface area contributed by atoms with Crippen LogP contribution in [0.1, 0.15) is 22.6 Å². The Kier molecular flexibility index (Phi) is 6.90. The maximum atomic E-state index is 12.9. The van der Waals surface area contributed by atoms with Crippen molar-refractivity contribution in [2.75, 3.05) is 14.2 Å². The van der Waals surface area contributed by atoms with E-state index in [0.29, 0.717) is 0 Å². The summed E-state index contributed by atoms with van der Waals surface area (Å²) in [5.74, 6) is -3.70. The van der Waals surface area contributed by atoms with Crippen LogP contribution < -0.4 is 4.74 Å². The summed E-state index contributed by atoms with van der Waals surface area (Å²) < 4.78 is 91.8. The second-order valence-corrected chi connectivity index (χ2v) is 5.62. The second-order valence-electron chi connectivity index (χ2n) is 5.62. The van der Waals surface area contributed by atoms with Crippen LogP contribution >= 0.6 is 0 Å². The lowest BCUT2D eigenvalue weighted by Gasteiger charge is -2.14. The fraction of sp³-hybridized carbons (Fsp3) is 0.278. The van der Waals surface area contributed by atoms with Crippen molar-refractivity contribution in [3.8, 4) is 5.88 Å². The van der Waals surface area contributed by atoms with Crippen molar-refractivity contribution in [2.45, 2.75) is 19.0 Å². The van der Waals surface area contributed by atoms with Gasteiger partial charge in [-0.2, -0.15) is 31.3 Å². The Hall–Kier alpha value is -3.31. The monoisotopic (exact) mass is 436 g/mol. The van der Waals surface area contributed by atoms with Crippen LogP contribution in [0.15, 0.2) is 36.6 Å². The zero-order valence-electron chi connectivity index (χ0n) is 15.5. The van der Waals surface area contributed by atoms with Crippen LogP contribution in [0.25, 0.3) is 5.57 Å². The van der Waals surface area contributed by atoms with Gasteiger partial charge in [-0.05, 0) is 11.1 Å². The summed E-state index contributed by atoms with van der Waals surface area (Å²) in [6, 6.07) is 6.27. The van der Waals surface area contributed by atoms with Crippen LogP contribution in [0.4, 0.5) is 26.3 Å². The van der Waals surface area contributed by atoms with Crippen LogP contribution in [0.3, 0.4) is 0 Å². The number of alkyl halides is 6. The predicted octanol–water partition coefficient (Wildman–Crippen LogP) is 4.25. The van der Waals surface area contributed by atoms with Gasteiger partial charge in [-0.15, -0.1) is 0 Å². The first kappa shape index (κ1) is 23.0. The number of hydrogen-bond donors (Lipinski definition) is 0. The molecule has 0 saturated heterocycles. The summed E-state index contributed by atoms with van der Waals surface area (Å²) in [6.45, 7) is -0.500. The number of halogens is 6. The standard InChI is InChI=1S/C18H14F6N2O4/c1-28-9-12(15(27)29-2)11-6-4-3-5-10(11)8-30-14-7-13(17(19,20)21)25-16(26-14)18(22,23)24/h3-7,9H,8H2,1-2H3/b12-9+. The normalized spacial score (nSPS) is 12.5. The van der Waals surface area contributed by atoms with Gasteiger partial charge in [0.15, 0.2) is 5.69 Å². The van der Waals surface area contributed by atoms with Gasteiger partial charge < -0.3 is 14.2 Å². The van der Waals surface area contributed by atoms with Crippen LogP contribution in [0.5, 0.6) is 5.88 Å². The molecule has 0 amide bonds. The lowest BCUT2D eigenvalue weighted by molar-refractivity contribution is -0.153. The molecule has 2 rings (SSSR count). The minimum Gasteiger partial charge on any atom is -0.503 e. The van der Waals surface area contributed by atoms with Crippen molar-refractivity contribution in [1.82, 2.24) is 9.97 Å². The Morgan fingerprint density at radius 3 is 2.27 bits per heavy atom. The molecule has 0 aliphatic carbocycles. The van der Waals surface area contributed by atoms with Gasteiger partial charge in [-0.1, -0.05) is 24.3 Å². The number of esters is 1. The van der Waals surface area contributed by atoms with Crippen molar-refractivity contribution < 1.29 is 45.3 Å². The lowest BCUT2D eigenvalue weighted by Crippen LogP contribution is -2.18. The molecule has 0 atom stereocenters. The maximum Gasteiger partial charge on any atom is 0.451 e. The Morgan fingerprint density at radius 1 is 1.03 bits per heavy atom. The summed E-state index contributed by atoms with van der Waals surface area (Å²) in [5, 5.41) is 0. The quantitative estimate of drug-likeness (QED) is 0.292. The van der Waals surface area contributed by atoms with E-state index in [-0.39, 0.29) is 22.8 Å². The highest BCUT2D eigenvalue weighted by molar-refractivity contribution is 6.16. The van der Waals surface area contributed by atoms with Crippen LogP contribution in [-0.2, 0) is 33.2 Å². The van der Waals surface area contributed by atoms with E-state index in [4.69, 9.17) is 9.47 Å². The zero-order valence-corrected chi connectivity index (χ0v) is 15.5. The third-order valence-corrected chi connectivity index (χ3v) is 3.57. The highest BCUT2D eigenvalue weighted by Gasteiger charge is 2.40. The first-order valence-electron chi connectivity index (χ1n) is 8.03. The summed E-state index contributed by atoms with van der Waals surface area (Å²) in [5.41, 5.74) is -1.34. The van der Waals surface area contributed by atoms with Gasteiger partial charge in [0, 0.05) is 6.07 Å². The van der Waals surface area contributed by atoms with E-state index in [1.54, 1.807) is 6.07 Å². The molecule has 6 nitrogen and oxygen atoms in total. The largest absolute Gasteiger partial charge is 0.503 e. The van der Waals surface area contributed by atoms with Crippen LogP contribution in [0, 0.1) is 0 Å². The third-order valence-electron chi connectivity index (χ3n) is 3.57. The number of benzene rings is 1. The van der Waals surface area contributed by atoms with E-state index in [0.717, 1.165) is 13.4 Å². The molecule has 1 aromatic heterocycles. The molecule has 1 heterocycles. The molecule has 0 radical (unpaired) electrons. The van der Waals surface area contributed by atoms with E-state index >= 15 is 0 Å². The average Bonchev–Trinajstić information content (AvgIpc) is 2.68. The maximum absolute atomic E-state index is 12.9. The van der Waals surface area contributed by atoms with Crippen molar-refractivity contribution >= 4 is 11.5 Å². The fourth-order valence-electron chi connectivity index (χ4n) is 2.28. The number of carbonyl (C=O) groups is 1. The first-order valence-corrected chi connectivity index (χ1v) is 8.03. The number of ether oxygens (including phenoxy) is 3. The van der Waals surface area contributed by atoms with Gasteiger partial charge in [0.25, 0.3) is 0 Å². The number of carbonyl (C=O) groups excluding carboxylic acids is 1. The Bertz CT molecular complexity index is 909. The molecule has 12 heteroatoms. The molecule has 2 aromatic rings. The Labute approximate surface area is 166 Å². The minimum absolute atomic E-state index is 0.0335. The summed E-state index contributed by atoms with van der Waals surface area (Å²) in [7, 11) is 2.41. The molecule has 0 bridgehead atoms. The topological polar surface area (TPSA) is 70.5 Å². The SMILES string of the molecule is CO/C=C(/C(=O)OC)c1ccccc1COc1cc(C(F)(F)F)nc(C(F)(F)F)n1. The highest BCUT2D eigenvalue weighted by atomic mass is 19.4. The van der Waals surface area contributed by atoms with Crippen molar-refractivity contribution in [3.05, 3.63) is 59.2 Å². The molecular formula is C18H14F6N2O4. The number of nitrogens with zero attached hydrogens (tertiary/aromatic N) is 2. The van der Waals surface area contributed by atoms with Gasteiger partial charge in [0.2, 0.25) is 11.7 Å². The molecule has 0 spiro atoms. The smallest absolute Gasteiger partial charge is 0.451 e. The van der Waals surface area contributed by atoms with Crippen molar-refractivity contribution in [3.63, 3.8) is 0 Å². The summed E-state index contributed by atoms with van der Waals surface area (Å²) >= 11 is 0. The molecule has 1 aromatic carbocycles. The molecule has 0 fully saturated rings. The van der Waals surface area contributed by atoms with Gasteiger partial charge >= 0.3 is 18.3 Å². The van der Waals surface area contributed by atoms with Crippen molar-refractivity contribution in [1.29, 1.82) is 0 Å². The summed E-state index contributed by atoms with van der Waals surface area (Å²) in [4.78, 5) is 17.5. The molecule has 0 unspecified atom stereocenters. The van der Waals surface area contributed by atoms with Gasteiger partial charge in [-0.3, -0.25) is 0 Å². The lowest BCUT2D eigenvalue weighted by atomic mass is 10.0. The molecule has 0 aliphatic rings. The van der Waals surface area contributed by atoms with E-state index in [9.17, 15) is 31.1 Å². The number of aromatic nitrogens is 2. The molecule has 162 valence electrons. The van der Waals surface area contributed by atoms with E-state index in [1.807, 2.05) is 0 Å². The van der Waals surface area contributed by atoms with E-state index in [2.05, 4.69) is 14.7 Å². The Balaban J connectivity index is 2.41. The third kappa shape index (κ3) is 5.61. The number of methoxy groups -OCH3 is 2. The van der Waals surface area contributed by atoms with E-state index < -0.39 is 42.3 Å².